The summed E-state index contributed by atoms with van der Waals surface area (Å²) in [4.78, 5) is 14.4. The Morgan fingerprint density at radius 1 is 1.56 bits per heavy atom. The van der Waals surface area contributed by atoms with Gasteiger partial charge in [-0.25, -0.2) is 4.98 Å². The van der Waals surface area contributed by atoms with Gasteiger partial charge in [-0.1, -0.05) is 11.6 Å². The summed E-state index contributed by atoms with van der Waals surface area (Å²) in [7, 11) is 0. The maximum absolute atomic E-state index is 10.6. The predicted molar refractivity (Wildman–Crippen MR) is 72.3 cm³/mol. The highest BCUT2D eigenvalue weighted by atomic mass is 35.5. The number of rotatable bonds is 4. The first-order valence-electron chi connectivity index (χ1n) is 5.15. The smallest absolute Gasteiger partial charge is 0.271 e. The SMILES string of the molecule is Cc1nc(CNc2ccc([N+](=O)[O-])cc2Cl)cs1. The van der Waals surface area contributed by atoms with Gasteiger partial charge in [0.2, 0.25) is 0 Å². The van der Waals surface area contributed by atoms with E-state index in [9.17, 15) is 10.1 Å². The number of aromatic nitrogens is 1. The second-order valence-electron chi connectivity index (χ2n) is 3.63. The molecule has 0 atom stereocenters. The zero-order chi connectivity index (χ0) is 13.1. The van der Waals surface area contributed by atoms with E-state index >= 15 is 0 Å². The lowest BCUT2D eigenvalue weighted by Gasteiger charge is -2.06. The molecule has 0 unspecified atom stereocenters. The second-order valence-corrected chi connectivity index (χ2v) is 5.10. The topological polar surface area (TPSA) is 68.1 Å². The number of aryl methyl sites for hydroxylation is 1. The summed E-state index contributed by atoms with van der Waals surface area (Å²) in [5, 5.41) is 17.0. The highest BCUT2D eigenvalue weighted by Gasteiger charge is 2.09. The molecule has 1 aromatic heterocycles. The number of anilines is 1. The minimum atomic E-state index is -0.473. The molecule has 1 heterocycles. The Hall–Kier alpha value is -1.66. The number of nitro benzene ring substituents is 1. The Morgan fingerprint density at radius 2 is 2.33 bits per heavy atom. The number of thiazole rings is 1. The van der Waals surface area contributed by atoms with E-state index in [1.165, 1.54) is 12.1 Å². The third-order valence-electron chi connectivity index (χ3n) is 2.29. The first-order chi connectivity index (χ1) is 8.56. The number of halogens is 1. The Balaban J connectivity index is 2.08. The molecule has 0 fully saturated rings. The lowest BCUT2D eigenvalue weighted by molar-refractivity contribution is -0.384. The van der Waals surface area contributed by atoms with E-state index in [1.54, 1.807) is 17.4 Å². The van der Waals surface area contributed by atoms with Gasteiger partial charge in [0.15, 0.2) is 0 Å². The van der Waals surface area contributed by atoms with Gasteiger partial charge in [0.1, 0.15) is 0 Å². The normalized spacial score (nSPS) is 10.3. The van der Waals surface area contributed by atoms with Gasteiger partial charge in [-0.2, -0.15) is 0 Å². The van der Waals surface area contributed by atoms with E-state index < -0.39 is 4.92 Å². The van der Waals surface area contributed by atoms with Crippen LogP contribution in [0.1, 0.15) is 10.7 Å². The van der Waals surface area contributed by atoms with E-state index in [0.29, 0.717) is 17.3 Å². The van der Waals surface area contributed by atoms with Crippen molar-refractivity contribution in [1.29, 1.82) is 0 Å². The van der Waals surface area contributed by atoms with Crippen molar-refractivity contribution >= 4 is 34.3 Å². The molecule has 94 valence electrons. The van der Waals surface area contributed by atoms with E-state index in [-0.39, 0.29) is 5.69 Å². The van der Waals surface area contributed by atoms with Crippen LogP contribution in [0.4, 0.5) is 11.4 Å². The summed E-state index contributed by atoms with van der Waals surface area (Å²) in [6.45, 7) is 2.48. The van der Waals surface area contributed by atoms with Crippen molar-refractivity contribution in [3.63, 3.8) is 0 Å². The van der Waals surface area contributed by atoms with Crippen molar-refractivity contribution in [3.05, 3.63) is 49.4 Å². The van der Waals surface area contributed by atoms with Crippen LogP contribution < -0.4 is 5.32 Å². The van der Waals surface area contributed by atoms with Crippen LogP contribution in [-0.4, -0.2) is 9.91 Å². The van der Waals surface area contributed by atoms with Crippen molar-refractivity contribution < 1.29 is 4.92 Å². The molecule has 0 spiro atoms. The van der Waals surface area contributed by atoms with E-state index in [4.69, 9.17) is 11.6 Å². The van der Waals surface area contributed by atoms with Gasteiger partial charge in [-0.05, 0) is 13.0 Å². The van der Waals surface area contributed by atoms with E-state index in [0.717, 1.165) is 10.7 Å². The van der Waals surface area contributed by atoms with Crippen molar-refractivity contribution in [2.24, 2.45) is 0 Å². The summed E-state index contributed by atoms with van der Waals surface area (Å²) in [5.74, 6) is 0. The summed E-state index contributed by atoms with van der Waals surface area (Å²) in [6.07, 6.45) is 0. The molecule has 18 heavy (non-hydrogen) atoms. The largest absolute Gasteiger partial charge is 0.378 e. The maximum Gasteiger partial charge on any atom is 0.271 e. The minimum Gasteiger partial charge on any atom is -0.378 e. The molecular formula is C11H10ClN3O2S. The van der Waals surface area contributed by atoms with Crippen LogP contribution in [0.2, 0.25) is 5.02 Å². The van der Waals surface area contributed by atoms with Crippen LogP contribution in [0.5, 0.6) is 0 Å². The molecule has 1 N–H and O–H groups in total. The summed E-state index contributed by atoms with van der Waals surface area (Å²) < 4.78 is 0. The van der Waals surface area contributed by atoms with E-state index in [2.05, 4.69) is 10.3 Å². The summed E-state index contributed by atoms with van der Waals surface area (Å²) in [5.41, 5.74) is 1.56. The van der Waals surface area contributed by atoms with Crippen LogP contribution >= 0.6 is 22.9 Å². The molecule has 1 aromatic carbocycles. The molecule has 2 rings (SSSR count). The first-order valence-corrected chi connectivity index (χ1v) is 6.41. The summed E-state index contributed by atoms with van der Waals surface area (Å²) >= 11 is 7.54. The molecule has 0 aliphatic heterocycles. The van der Waals surface area contributed by atoms with Crippen molar-refractivity contribution in [1.82, 2.24) is 4.98 Å². The average molecular weight is 284 g/mol. The monoisotopic (exact) mass is 283 g/mol. The molecule has 0 saturated heterocycles. The van der Waals surface area contributed by atoms with Crippen LogP contribution in [0.25, 0.3) is 0 Å². The average Bonchev–Trinajstić information content (AvgIpc) is 2.73. The van der Waals surface area contributed by atoms with E-state index in [1.807, 2.05) is 12.3 Å². The van der Waals surface area contributed by atoms with Crippen LogP contribution in [0, 0.1) is 17.0 Å². The van der Waals surface area contributed by atoms with Gasteiger partial charge in [0.25, 0.3) is 5.69 Å². The van der Waals surface area contributed by atoms with Gasteiger partial charge in [0, 0.05) is 17.5 Å². The Bertz CT molecular complexity index is 585. The number of nitro groups is 1. The van der Waals surface area contributed by atoms with Crippen molar-refractivity contribution in [2.45, 2.75) is 13.5 Å². The molecule has 0 radical (unpaired) electrons. The van der Waals surface area contributed by atoms with Crippen molar-refractivity contribution in [2.75, 3.05) is 5.32 Å². The molecule has 5 nitrogen and oxygen atoms in total. The number of nitrogens with one attached hydrogen (secondary N) is 1. The zero-order valence-corrected chi connectivity index (χ0v) is 11.1. The highest BCUT2D eigenvalue weighted by molar-refractivity contribution is 7.09. The number of benzene rings is 1. The Morgan fingerprint density at radius 3 is 2.89 bits per heavy atom. The molecule has 2 aromatic rings. The fourth-order valence-electron chi connectivity index (χ4n) is 1.44. The predicted octanol–water partition coefficient (Wildman–Crippen LogP) is 3.63. The van der Waals surface area contributed by atoms with Crippen LogP contribution in [0.15, 0.2) is 23.6 Å². The summed E-state index contributed by atoms with van der Waals surface area (Å²) in [6, 6.07) is 4.34. The highest BCUT2D eigenvalue weighted by Crippen LogP contribution is 2.27. The molecular weight excluding hydrogens is 274 g/mol. The number of non-ortho nitro benzene ring substituents is 1. The molecule has 0 aliphatic rings. The van der Waals surface area contributed by atoms with Crippen LogP contribution in [0.3, 0.4) is 0 Å². The lowest BCUT2D eigenvalue weighted by Crippen LogP contribution is -2.00. The van der Waals surface area contributed by atoms with Gasteiger partial charge in [0.05, 0.1) is 32.9 Å². The van der Waals surface area contributed by atoms with Gasteiger partial charge in [-0.15, -0.1) is 11.3 Å². The fraction of sp³-hybridized carbons (Fsp3) is 0.182. The number of hydrogen-bond acceptors (Lipinski definition) is 5. The molecule has 0 amide bonds. The first kappa shape index (κ1) is 12.8. The minimum absolute atomic E-state index is 0.0185. The Labute approximate surface area is 113 Å². The third kappa shape index (κ3) is 2.96. The van der Waals surface area contributed by atoms with Crippen LogP contribution in [-0.2, 0) is 6.54 Å². The number of hydrogen-bond donors (Lipinski definition) is 1. The van der Waals surface area contributed by atoms with Gasteiger partial charge in [-0.3, -0.25) is 10.1 Å². The van der Waals surface area contributed by atoms with Gasteiger partial charge < -0.3 is 5.32 Å². The quantitative estimate of drug-likeness (QED) is 0.687. The third-order valence-corrected chi connectivity index (χ3v) is 3.43. The lowest BCUT2D eigenvalue weighted by atomic mass is 10.3. The second kappa shape index (κ2) is 5.32. The Kier molecular flexibility index (Phi) is 3.78. The number of nitrogens with zero attached hydrogens (tertiary/aromatic N) is 2. The standard InChI is InChI=1S/C11H10ClN3O2S/c1-7-14-8(6-18-7)5-13-11-3-2-9(15(16)17)4-10(11)12/h2-4,6,13H,5H2,1H3. The molecule has 7 heteroatoms. The zero-order valence-electron chi connectivity index (χ0n) is 9.51. The van der Waals surface area contributed by atoms with Crippen molar-refractivity contribution in [3.8, 4) is 0 Å². The van der Waals surface area contributed by atoms with Gasteiger partial charge >= 0.3 is 0 Å². The molecule has 0 saturated carbocycles. The molecule has 0 bridgehead atoms. The molecule has 0 aliphatic carbocycles. The fourth-order valence-corrected chi connectivity index (χ4v) is 2.29. The maximum atomic E-state index is 10.6.